The van der Waals surface area contributed by atoms with Gasteiger partial charge in [0.2, 0.25) is 23.6 Å². The Morgan fingerprint density at radius 3 is 1.97 bits per heavy atom. The Hall–Kier alpha value is -2.77. The van der Waals surface area contributed by atoms with E-state index in [9.17, 15) is 29.1 Å². The molecular weight excluding hydrogens is 388 g/mol. The Balaban J connectivity index is 5.04. The molecule has 0 aliphatic heterocycles. The summed E-state index contributed by atoms with van der Waals surface area (Å²) in [7, 11) is 0. The van der Waals surface area contributed by atoms with Gasteiger partial charge < -0.3 is 43.4 Å². The van der Waals surface area contributed by atoms with Crippen LogP contribution in [0.1, 0.15) is 32.6 Å². The Bertz CT molecular complexity index is 600. The lowest BCUT2D eigenvalue weighted by Gasteiger charge is -2.23. The van der Waals surface area contributed by atoms with Crippen LogP contribution < -0.4 is 33.2 Å². The van der Waals surface area contributed by atoms with Crippen molar-refractivity contribution >= 4 is 29.6 Å². The van der Waals surface area contributed by atoms with Crippen molar-refractivity contribution in [2.75, 3.05) is 13.2 Å². The quantitative estimate of drug-likeness (QED) is 0.128. The van der Waals surface area contributed by atoms with Gasteiger partial charge in [-0.2, -0.15) is 0 Å². The molecule has 13 nitrogen and oxygen atoms in total. The molecule has 0 spiro atoms. The highest BCUT2D eigenvalue weighted by Gasteiger charge is 2.29. The number of hydrogen-bond acceptors (Lipinski definition) is 8. The van der Waals surface area contributed by atoms with E-state index in [4.69, 9.17) is 22.3 Å². The van der Waals surface area contributed by atoms with E-state index in [0.717, 1.165) is 0 Å². The number of carbonyl (C=O) groups is 5. The summed E-state index contributed by atoms with van der Waals surface area (Å²) in [6, 6.07) is -5.15. The van der Waals surface area contributed by atoms with E-state index in [1.165, 1.54) is 6.92 Å². The maximum absolute atomic E-state index is 12.4. The molecule has 0 aromatic heterocycles. The standard InChI is InChI=1S/C16H30N6O7/c1-8(16(28)29)20-15(27)11(7-23)22-14(26)10(6-12(19)24)21-13(25)9(18)4-2-3-5-17/h8-11,23H,2-7,17-18H2,1H3,(H2,19,24)(H,20,27)(H,21,25)(H,22,26)(H,28,29). The van der Waals surface area contributed by atoms with E-state index in [2.05, 4.69) is 16.0 Å². The molecule has 0 rings (SSSR count). The van der Waals surface area contributed by atoms with Crippen molar-refractivity contribution in [2.45, 2.75) is 56.8 Å². The molecule has 0 fully saturated rings. The van der Waals surface area contributed by atoms with Gasteiger partial charge in [-0.15, -0.1) is 0 Å². The molecule has 13 heteroatoms. The second-order valence-electron chi connectivity index (χ2n) is 6.43. The lowest BCUT2D eigenvalue weighted by molar-refractivity contribution is -0.142. The van der Waals surface area contributed by atoms with Gasteiger partial charge in [-0.3, -0.25) is 24.0 Å². The number of aliphatic carboxylic acids is 1. The minimum atomic E-state index is -1.50. The number of nitrogens with two attached hydrogens (primary N) is 3. The third kappa shape index (κ3) is 10.4. The first-order valence-electron chi connectivity index (χ1n) is 9.02. The summed E-state index contributed by atoms with van der Waals surface area (Å²) in [4.78, 5) is 58.6. The number of aliphatic hydroxyl groups is 1. The number of rotatable bonds is 14. The first-order valence-corrected chi connectivity index (χ1v) is 9.02. The van der Waals surface area contributed by atoms with Crippen LogP contribution in [0.15, 0.2) is 0 Å². The summed E-state index contributed by atoms with van der Waals surface area (Å²) < 4.78 is 0. The molecule has 4 atom stereocenters. The summed E-state index contributed by atoms with van der Waals surface area (Å²) in [5, 5.41) is 24.6. The van der Waals surface area contributed by atoms with Crippen LogP contribution in [0.2, 0.25) is 0 Å². The van der Waals surface area contributed by atoms with Gasteiger partial charge in [-0.25, -0.2) is 0 Å². The lowest BCUT2D eigenvalue weighted by atomic mass is 10.1. The van der Waals surface area contributed by atoms with Crippen LogP contribution >= 0.6 is 0 Å². The maximum Gasteiger partial charge on any atom is 0.325 e. The van der Waals surface area contributed by atoms with Gasteiger partial charge in [-0.1, -0.05) is 6.42 Å². The molecule has 0 heterocycles. The van der Waals surface area contributed by atoms with Gasteiger partial charge in [0.1, 0.15) is 18.1 Å². The molecule has 29 heavy (non-hydrogen) atoms. The number of carbonyl (C=O) groups excluding carboxylic acids is 4. The highest BCUT2D eigenvalue weighted by Crippen LogP contribution is 2.01. The molecule has 0 aromatic rings. The van der Waals surface area contributed by atoms with Gasteiger partial charge in [0.25, 0.3) is 0 Å². The minimum Gasteiger partial charge on any atom is -0.480 e. The van der Waals surface area contributed by atoms with E-state index in [1.54, 1.807) is 0 Å². The fourth-order valence-electron chi connectivity index (χ4n) is 2.17. The predicted octanol–water partition coefficient (Wildman–Crippen LogP) is -4.13. The van der Waals surface area contributed by atoms with Crippen molar-refractivity contribution < 1.29 is 34.2 Å². The number of aliphatic hydroxyl groups excluding tert-OH is 1. The average molecular weight is 418 g/mol. The van der Waals surface area contributed by atoms with Crippen molar-refractivity contribution in [3.8, 4) is 0 Å². The van der Waals surface area contributed by atoms with Crippen molar-refractivity contribution in [2.24, 2.45) is 17.2 Å². The number of carboxylic acids is 1. The molecule has 0 saturated heterocycles. The topological polar surface area (TPSA) is 240 Å². The van der Waals surface area contributed by atoms with Crippen LogP contribution in [0.3, 0.4) is 0 Å². The van der Waals surface area contributed by atoms with Crippen molar-refractivity contribution in [1.82, 2.24) is 16.0 Å². The van der Waals surface area contributed by atoms with Crippen LogP contribution in [-0.4, -0.2) is 77.1 Å². The molecule has 11 N–H and O–H groups in total. The average Bonchev–Trinajstić information content (AvgIpc) is 2.64. The number of carboxylic acid groups (broad SMARTS) is 1. The number of nitrogens with one attached hydrogen (secondary N) is 3. The molecular formula is C16H30N6O7. The molecule has 0 saturated carbocycles. The highest BCUT2D eigenvalue weighted by molar-refractivity contribution is 5.96. The second-order valence-corrected chi connectivity index (χ2v) is 6.43. The third-order valence-corrected chi connectivity index (χ3v) is 3.89. The molecule has 0 bridgehead atoms. The second kappa shape index (κ2) is 13.4. The minimum absolute atomic E-state index is 0.308. The third-order valence-electron chi connectivity index (χ3n) is 3.89. The summed E-state index contributed by atoms with van der Waals surface area (Å²) in [5.41, 5.74) is 16.2. The normalized spacial score (nSPS) is 14.8. The Morgan fingerprint density at radius 1 is 0.931 bits per heavy atom. The fraction of sp³-hybridized carbons (Fsp3) is 0.688. The van der Waals surface area contributed by atoms with Gasteiger partial charge in [0.15, 0.2) is 0 Å². The van der Waals surface area contributed by atoms with E-state index in [-0.39, 0.29) is 0 Å². The molecule has 0 radical (unpaired) electrons. The summed E-state index contributed by atoms with van der Waals surface area (Å²) in [5.74, 6) is -4.84. The van der Waals surface area contributed by atoms with E-state index in [1.807, 2.05) is 0 Å². The lowest BCUT2D eigenvalue weighted by Crippen LogP contribution is -2.58. The van der Waals surface area contributed by atoms with Crippen molar-refractivity contribution in [1.29, 1.82) is 0 Å². The van der Waals surface area contributed by atoms with Crippen LogP contribution in [0, 0.1) is 0 Å². The number of unbranched alkanes of at least 4 members (excludes halogenated alkanes) is 1. The summed E-state index contributed by atoms with van der Waals surface area (Å²) >= 11 is 0. The smallest absolute Gasteiger partial charge is 0.325 e. The van der Waals surface area contributed by atoms with E-state index in [0.29, 0.717) is 25.8 Å². The molecule has 4 unspecified atom stereocenters. The number of hydrogen-bond donors (Lipinski definition) is 8. The Morgan fingerprint density at radius 2 is 1.48 bits per heavy atom. The largest absolute Gasteiger partial charge is 0.480 e. The SMILES string of the molecule is CC(NC(=O)C(CO)NC(=O)C(CC(N)=O)NC(=O)C(N)CCCCN)C(=O)O. The highest BCUT2D eigenvalue weighted by atomic mass is 16.4. The Kier molecular flexibility index (Phi) is 12.1. The summed E-state index contributed by atoms with van der Waals surface area (Å²) in [6.07, 6.45) is 0.988. The van der Waals surface area contributed by atoms with E-state index >= 15 is 0 Å². The number of amides is 4. The van der Waals surface area contributed by atoms with Crippen LogP contribution in [0.5, 0.6) is 0 Å². The van der Waals surface area contributed by atoms with Crippen molar-refractivity contribution in [3.63, 3.8) is 0 Å². The Labute approximate surface area is 167 Å². The van der Waals surface area contributed by atoms with Gasteiger partial charge in [-0.05, 0) is 26.3 Å². The number of primary amides is 1. The first-order chi connectivity index (χ1) is 13.5. The fourth-order valence-corrected chi connectivity index (χ4v) is 2.17. The van der Waals surface area contributed by atoms with Crippen LogP contribution in [0.25, 0.3) is 0 Å². The van der Waals surface area contributed by atoms with Gasteiger partial charge in [0, 0.05) is 0 Å². The summed E-state index contributed by atoms with van der Waals surface area (Å²) in [6.45, 7) is 0.782. The maximum atomic E-state index is 12.4. The molecule has 4 amide bonds. The molecule has 0 aliphatic carbocycles. The van der Waals surface area contributed by atoms with Crippen molar-refractivity contribution in [3.05, 3.63) is 0 Å². The zero-order valence-corrected chi connectivity index (χ0v) is 16.2. The molecule has 166 valence electrons. The molecule has 0 aliphatic rings. The zero-order valence-electron chi connectivity index (χ0n) is 16.2. The zero-order chi connectivity index (χ0) is 22.6. The monoisotopic (exact) mass is 418 g/mol. The molecule has 0 aromatic carbocycles. The van der Waals surface area contributed by atoms with Crippen LogP contribution in [0.4, 0.5) is 0 Å². The predicted molar refractivity (Wildman–Crippen MR) is 101 cm³/mol. The van der Waals surface area contributed by atoms with Crippen LogP contribution in [-0.2, 0) is 24.0 Å². The first kappa shape index (κ1) is 26.2. The van der Waals surface area contributed by atoms with Gasteiger partial charge in [0.05, 0.1) is 19.1 Å². The van der Waals surface area contributed by atoms with Gasteiger partial charge >= 0.3 is 5.97 Å². The van der Waals surface area contributed by atoms with E-state index < -0.39 is 66.8 Å².